The number of hydrogen-bond donors (Lipinski definition) is 1. The molecule has 2 heterocycles. The molecule has 33 heavy (non-hydrogen) atoms. The van der Waals surface area contributed by atoms with Gasteiger partial charge in [0.15, 0.2) is 0 Å². The monoisotopic (exact) mass is 450 g/mol. The summed E-state index contributed by atoms with van der Waals surface area (Å²) in [5, 5.41) is 2.17. The van der Waals surface area contributed by atoms with Crippen molar-refractivity contribution in [2.75, 3.05) is 46.1 Å². The van der Waals surface area contributed by atoms with Gasteiger partial charge < -0.3 is 9.64 Å². The molecule has 1 amide bonds. The van der Waals surface area contributed by atoms with Crippen LogP contribution in [0.3, 0.4) is 0 Å². The summed E-state index contributed by atoms with van der Waals surface area (Å²) in [6.45, 7) is 10.5. The second kappa shape index (κ2) is 11.7. The third kappa shape index (κ3) is 6.87. The molecular formula is C27H38N4O2. The molecule has 0 saturated carbocycles. The molecule has 2 aromatic rings. The minimum Gasteiger partial charge on any atom is -0.363 e. The Morgan fingerprint density at radius 3 is 2.52 bits per heavy atom. The Morgan fingerprint density at radius 1 is 0.970 bits per heavy atom. The van der Waals surface area contributed by atoms with Gasteiger partial charge in [0.25, 0.3) is 0 Å². The second-order valence-corrected chi connectivity index (χ2v) is 9.41. The third-order valence-electron chi connectivity index (χ3n) is 6.92. The summed E-state index contributed by atoms with van der Waals surface area (Å²) in [7, 11) is 0. The normalized spacial score (nSPS) is 21.3. The highest BCUT2D eigenvalue weighted by atomic mass is 16.5. The van der Waals surface area contributed by atoms with Gasteiger partial charge in [0.2, 0.25) is 5.91 Å². The maximum Gasteiger partial charge on any atom is 0.227 e. The van der Waals surface area contributed by atoms with Crippen LogP contribution in [0.25, 0.3) is 0 Å². The average molecular weight is 451 g/mol. The number of nitrogens with one attached hydrogen (secondary N) is 1. The van der Waals surface area contributed by atoms with Crippen molar-refractivity contribution < 1.29 is 9.53 Å². The van der Waals surface area contributed by atoms with Crippen molar-refractivity contribution in [3.8, 4) is 0 Å². The number of carbonyl (C=O) groups excluding carboxylic acids is 1. The van der Waals surface area contributed by atoms with Gasteiger partial charge in [0.1, 0.15) is 6.73 Å². The van der Waals surface area contributed by atoms with E-state index in [0.29, 0.717) is 26.3 Å². The number of amides is 1. The molecule has 0 aliphatic carbocycles. The van der Waals surface area contributed by atoms with Gasteiger partial charge in [-0.25, -0.2) is 10.4 Å². The number of ether oxygens (including phenoxy) is 1. The van der Waals surface area contributed by atoms with Gasteiger partial charge >= 0.3 is 0 Å². The van der Waals surface area contributed by atoms with Gasteiger partial charge in [-0.05, 0) is 62.0 Å². The predicted molar refractivity (Wildman–Crippen MR) is 132 cm³/mol. The first kappa shape index (κ1) is 23.9. The van der Waals surface area contributed by atoms with Crippen LogP contribution in [0.4, 0.5) is 0 Å². The van der Waals surface area contributed by atoms with E-state index < -0.39 is 0 Å². The number of nitrogens with zero attached hydrogens (tertiary/aromatic N) is 3. The van der Waals surface area contributed by atoms with Crippen LogP contribution in [0.1, 0.15) is 35.1 Å². The largest absolute Gasteiger partial charge is 0.363 e. The van der Waals surface area contributed by atoms with E-state index in [-0.39, 0.29) is 11.9 Å². The van der Waals surface area contributed by atoms with E-state index in [4.69, 9.17) is 4.74 Å². The van der Waals surface area contributed by atoms with Crippen LogP contribution >= 0.6 is 0 Å². The fourth-order valence-corrected chi connectivity index (χ4v) is 4.74. The van der Waals surface area contributed by atoms with Gasteiger partial charge in [-0.2, -0.15) is 0 Å². The molecule has 0 spiro atoms. The average Bonchev–Trinajstić information content (AvgIpc) is 3.36. The maximum absolute atomic E-state index is 13.5. The summed E-state index contributed by atoms with van der Waals surface area (Å²) >= 11 is 0. The van der Waals surface area contributed by atoms with Crippen molar-refractivity contribution in [1.29, 1.82) is 0 Å². The van der Waals surface area contributed by atoms with Gasteiger partial charge in [-0.1, -0.05) is 48.5 Å². The Morgan fingerprint density at radius 2 is 1.76 bits per heavy atom. The zero-order valence-corrected chi connectivity index (χ0v) is 20.1. The Labute approximate surface area is 198 Å². The standard InChI is InChI=1S/C27H38N4O2/c1-22-10-11-25(16-23(22)2)17-27(32)30-14-15-31(18-24-8-4-3-5-9-24)28-21-33-20-26(19-30)29-12-6-7-13-29/h3-5,8-11,16,26,28H,6-7,12-15,17-21H2,1-2H3/t26-/m1/s1. The van der Waals surface area contributed by atoms with Crippen LogP contribution in [0, 0.1) is 13.8 Å². The van der Waals surface area contributed by atoms with E-state index in [2.05, 4.69) is 76.5 Å². The molecule has 0 aromatic heterocycles. The molecule has 2 aromatic carbocycles. The number of rotatable bonds is 5. The summed E-state index contributed by atoms with van der Waals surface area (Å²) in [5.41, 5.74) is 8.26. The smallest absolute Gasteiger partial charge is 0.227 e. The zero-order valence-electron chi connectivity index (χ0n) is 20.1. The molecule has 1 N–H and O–H groups in total. The van der Waals surface area contributed by atoms with Crippen molar-refractivity contribution in [2.45, 2.75) is 45.7 Å². The van der Waals surface area contributed by atoms with E-state index in [1.807, 2.05) is 6.07 Å². The maximum atomic E-state index is 13.5. The van der Waals surface area contributed by atoms with E-state index in [9.17, 15) is 4.79 Å². The lowest BCUT2D eigenvalue weighted by molar-refractivity contribution is -0.132. The van der Waals surface area contributed by atoms with Crippen molar-refractivity contribution >= 4 is 5.91 Å². The number of likely N-dealkylation sites (tertiary alicyclic amines) is 1. The van der Waals surface area contributed by atoms with Crippen molar-refractivity contribution in [3.63, 3.8) is 0 Å². The summed E-state index contributed by atoms with van der Waals surface area (Å²) in [5.74, 6) is 0.197. The second-order valence-electron chi connectivity index (χ2n) is 9.41. The first-order valence-electron chi connectivity index (χ1n) is 12.3. The Balaban J connectivity index is 1.47. The molecule has 2 aliphatic rings. The lowest BCUT2D eigenvalue weighted by atomic mass is 10.0. The first-order valence-corrected chi connectivity index (χ1v) is 12.3. The molecule has 2 fully saturated rings. The molecule has 2 saturated heterocycles. The summed E-state index contributed by atoms with van der Waals surface area (Å²) in [4.78, 5) is 18.0. The third-order valence-corrected chi connectivity index (χ3v) is 6.92. The van der Waals surface area contributed by atoms with Gasteiger partial charge in [-0.15, -0.1) is 0 Å². The Bertz CT molecular complexity index is 898. The quantitative estimate of drug-likeness (QED) is 0.759. The summed E-state index contributed by atoms with van der Waals surface area (Å²) < 4.78 is 6.05. The first-order chi connectivity index (χ1) is 16.1. The van der Waals surface area contributed by atoms with Gasteiger partial charge in [-0.3, -0.25) is 9.69 Å². The highest BCUT2D eigenvalue weighted by Gasteiger charge is 2.27. The number of benzene rings is 2. The Kier molecular flexibility index (Phi) is 8.51. The highest BCUT2D eigenvalue weighted by Crippen LogP contribution is 2.16. The fourth-order valence-electron chi connectivity index (χ4n) is 4.74. The molecule has 178 valence electrons. The molecule has 4 rings (SSSR count). The van der Waals surface area contributed by atoms with Crippen molar-refractivity contribution in [3.05, 3.63) is 70.8 Å². The van der Waals surface area contributed by atoms with Crippen LogP contribution in [0.5, 0.6) is 0 Å². The highest BCUT2D eigenvalue weighted by molar-refractivity contribution is 5.79. The van der Waals surface area contributed by atoms with Gasteiger partial charge in [0, 0.05) is 26.2 Å². The van der Waals surface area contributed by atoms with E-state index in [0.717, 1.165) is 38.3 Å². The minimum absolute atomic E-state index is 0.197. The van der Waals surface area contributed by atoms with Gasteiger partial charge in [0.05, 0.1) is 19.1 Å². The topological polar surface area (TPSA) is 48.1 Å². The molecule has 0 unspecified atom stereocenters. The lowest BCUT2D eigenvalue weighted by Gasteiger charge is -2.36. The number of hydrogen-bond acceptors (Lipinski definition) is 5. The fraction of sp³-hybridized carbons (Fsp3) is 0.519. The van der Waals surface area contributed by atoms with Crippen molar-refractivity contribution in [1.82, 2.24) is 20.2 Å². The summed E-state index contributed by atoms with van der Waals surface area (Å²) in [6, 6.07) is 17.0. The SMILES string of the molecule is Cc1ccc(CC(=O)N2CCN(Cc3ccccc3)NCOC[C@H](N3CCCC3)C2)cc1C. The van der Waals surface area contributed by atoms with E-state index in [1.54, 1.807) is 0 Å². The van der Waals surface area contributed by atoms with Crippen molar-refractivity contribution in [2.24, 2.45) is 0 Å². The molecule has 0 radical (unpaired) electrons. The molecule has 6 heteroatoms. The van der Waals surface area contributed by atoms with Crippen LogP contribution in [0.2, 0.25) is 0 Å². The van der Waals surface area contributed by atoms with Crippen LogP contribution < -0.4 is 5.43 Å². The molecular weight excluding hydrogens is 412 g/mol. The Hall–Kier alpha value is -2.25. The molecule has 1 atom stereocenters. The molecule has 0 bridgehead atoms. The molecule has 6 nitrogen and oxygen atoms in total. The van der Waals surface area contributed by atoms with Crippen LogP contribution in [-0.2, 0) is 22.5 Å². The number of carbonyl (C=O) groups is 1. The number of aryl methyl sites for hydroxylation is 2. The van der Waals surface area contributed by atoms with E-state index >= 15 is 0 Å². The predicted octanol–water partition coefficient (Wildman–Crippen LogP) is 3.13. The summed E-state index contributed by atoms with van der Waals surface area (Å²) in [6.07, 6.45) is 2.91. The van der Waals surface area contributed by atoms with E-state index in [1.165, 1.54) is 29.5 Å². The molecule has 2 aliphatic heterocycles. The number of hydrazine groups is 1. The lowest BCUT2D eigenvalue weighted by Crippen LogP contribution is -2.53. The zero-order chi connectivity index (χ0) is 23.0. The van der Waals surface area contributed by atoms with Crippen LogP contribution in [-0.4, -0.2) is 72.8 Å². The minimum atomic E-state index is 0.197. The van der Waals surface area contributed by atoms with Crippen LogP contribution in [0.15, 0.2) is 48.5 Å².